The molecule has 0 N–H and O–H groups in total. The van der Waals surface area contributed by atoms with E-state index in [0.29, 0.717) is 11.4 Å². The SMILES string of the molecule is [2H]c1c([2H])c([2H])c(C2(c3c([2H])c([2H])c([2H])c([2H])c3[2H])c3c([2H])c([2H])c([2H])c([2H])c3-c3c([2H])c([2H])c(N(c4ccc(-c5ccccc5)cc4)c4ccc(-c5ccc6sc7ccccc7c6c5)cc4)c([2H])c32)c([2H])c1[2H]. The lowest BCUT2D eigenvalue weighted by Gasteiger charge is -2.35. The van der Waals surface area contributed by atoms with E-state index in [1.165, 1.54) is 4.90 Å². The summed E-state index contributed by atoms with van der Waals surface area (Å²) in [5, 5.41) is 2.19. The molecule has 1 aliphatic carbocycles. The quantitative estimate of drug-likeness (QED) is 0.156. The molecule has 0 unspecified atom stereocenters. The van der Waals surface area contributed by atoms with Crippen LogP contribution in [0.25, 0.3) is 53.6 Å². The van der Waals surface area contributed by atoms with Crippen LogP contribution in [0.15, 0.2) is 224 Å². The number of fused-ring (bicyclic) bond motifs is 6. The lowest BCUT2D eigenvalue weighted by molar-refractivity contribution is 0.768. The molecule has 1 nitrogen and oxygen atoms in total. The highest BCUT2D eigenvalue weighted by molar-refractivity contribution is 7.25. The standard InChI is InChI=1S/C55H37NS/c1-4-14-38(15-5-1)39-24-29-44(30-25-39)56(45-31-26-40(27-32-45)41-28-35-54-50(36-41)49-21-11-13-23-53(49)57-54)46-33-34-48-47-20-10-12-22-51(47)55(52(48)37-46,42-16-6-2-7-17-42)43-18-8-3-9-19-43/h1-37H/i2D,3D,6D,7D,8D,9D,10D,12D,16D,17D,18D,19D,20D,22D,33D,34D,37D. The molecule has 0 radical (unpaired) electrons. The number of nitrogens with zero attached hydrogens (tertiary/aromatic N) is 1. The molecule has 0 aliphatic heterocycles. The molecule has 10 aromatic rings. The fraction of sp³-hybridized carbons (Fsp3) is 0.0182. The molecule has 0 spiro atoms. The first-order chi connectivity index (χ1) is 35.3. The summed E-state index contributed by atoms with van der Waals surface area (Å²) in [6, 6.07) is 23.6. The van der Waals surface area contributed by atoms with Crippen molar-refractivity contribution in [3.05, 3.63) is 246 Å². The lowest BCUT2D eigenvalue weighted by atomic mass is 9.67. The van der Waals surface area contributed by atoms with Crippen molar-refractivity contribution in [2.24, 2.45) is 0 Å². The Labute approximate surface area is 361 Å². The van der Waals surface area contributed by atoms with Crippen molar-refractivity contribution in [1.29, 1.82) is 0 Å². The van der Waals surface area contributed by atoms with Crippen molar-refractivity contribution in [3.63, 3.8) is 0 Å². The molecule has 0 bridgehead atoms. The van der Waals surface area contributed by atoms with Gasteiger partial charge < -0.3 is 4.90 Å². The van der Waals surface area contributed by atoms with Crippen LogP contribution in [0.3, 0.4) is 0 Å². The van der Waals surface area contributed by atoms with Crippen molar-refractivity contribution < 1.29 is 23.3 Å². The van der Waals surface area contributed by atoms with Crippen molar-refractivity contribution in [2.45, 2.75) is 5.41 Å². The average molecular weight is 761 g/mol. The summed E-state index contributed by atoms with van der Waals surface area (Å²) in [5.41, 5.74) is -2.84. The van der Waals surface area contributed by atoms with Gasteiger partial charge in [0.1, 0.15) is 0 Å². The van der Waals surface area contributed by atoms with Gasteiger partial charge in [0.15, 0.2) is 0 Å². The second kappa shape index (κ2) is 13.6. The van der Waals surface area contributed by atoms with Gasteiger partial charge in [0.25, 0.3) is 0 Å². The van der Waals surface area contributed by atoms with Crippen molar-refractivity contribution >= 4 is 48.6 Å². The van der Waals surface area contributed by atoms with Gasteiger partial charge in [-0.3, -0.25) is 0 Å². The van der Waals surface area contributed by atoms with E-state index in [9.17, 15) is 12.3 Å². The van der Waals surface area contributed by atoms with Gasteiger partial charge >= 0.3 is 0 Å². The Hall–Kier alpha value is -7.00. The topological polar surface area (TPSA) is 3.24 Å². The molecule has 57 heavy (non-hydrogen) atoms. The van der Waals surface area contributed by atoms with Gasteiger partial charge in [-0.15, -0.1) is 11.3 Å². The van der Waals surface area contributed by atoms with Crippen LogP contribution < -0.4 is 4.90 Å². The predicted molar refractivity (Wildman–Crippen MR) is 242 cm³/mol. The Morgan fingerprint density at radius 3 is 1.65 bits per heavy atom. The minimum atomic E-state index is -2.94. The van der Waals surface area contributed by atoms with E-state index in [0.717, 1.165) is 42.4 Å². The first-order valence-corrected chi connectivity index (χ1v) is 19.0. The molecule has 0 fully saturated rings. The Morgan fingerprint density at radius 1 is 0.404 bits per heavy atom. The van der Waals surface area contributed by atoms with E-state index in [1.54, 1.807) is 35.6 Å². The summed E-state index contributed by atoms with van der Waals surface area (Å²) in [7, 11) is 0. The molecule has 2 heteroatoms. The van der Waals surface area contributed by atoms with Gasteiger partial charge in [0.2, 0.25) is 0 Å². The van der Waals surface area contributed by atoms with Crippen molar-refractivity contribution in [2.75, 3.05) is 4.90 Å². The Kier molecular flexibility index (Phi) is 4.84. The lowest BCUT2D eigenvalue weighted by Crippen LogP contribution is -2.28. The summed E-state index contributed by atoms with van der Waals surface area (Å²) in [5.74, 6) is 0. The Balaban J connectivity index is 1.27. The monoisotopic (exact) mass is 760 g/mol. The Morgan fingerprint density at radius 2 is 0.947 bits per heavy atom. The molecule has 0 saturated carbocycles. The van der Waals surface area contributed by atoms with E-state index >= 15 is 0 Å². The molecular formula is C55H37NS. The van der Waals surface area contributed by atoms with Crippen LogP contribution in [-0.2, 0) is 5.41 Å². The largest absolute Gasteiger partial charge is 0.310 e. The zero-order chi connectivity index (χ0) is 52.6. The van der Waals surface area contributed by atoms with Crippen LogP contribution in [0, 0.1) is 0 Å². The van der Waals surface area contributed by atoms with Gasteiger partial charge in [-0.1, -0.05) is 169 Å². The normalized spacial score (nSPS) is 16.9. The zero-order valence-corrected chi connectivity index (χ0v) is 30.7. The van der Waals surface area contributed by atoms with Crippen LogP contribution in [0.2, 0.25) is 0 Å². The number of hydrogen-bond acceptors (Lipinski definition) is 2. The third kappa shape index (κ3) is 5.44. The predicted octanol–water partition coefficient (Wildman–Crippen LogP) is 15.2. The maximum atomic E-state index is 10.6. The van der Waals surface area contributed by atoms with Crippen LogP contribution >= 0.6 is 11.3 Å². The smallest absolute Gasteiger partial charge is 0.0714 e. The molecule has 1 aromatic heterocycles. The third-order valence-electron chi connectivity index (χ3n) is 10.5. The first-order valence-electron chi connectivity index (χ1n) is 26.7. The highest BCUT2D eigenvalue weighted by atomic mass is 32.1. The van der Waals surface area contributed by atoms with Gasteiger partial charge in [0, 0.05) is 37.2 Å². The van der Waals surface area contributed by atoms with Gasteiger partial charge in [-0.05, 0) is 110 Å². The van der Waals surface area contributed by atoms with Crippen molar-refractivity contribution in [3.8, 4) is 33.4 Å². The van der Waals surface area contributed by atoms with E-state index in [2.05, 4.69) is 24.3 Å². The molecule has 268 valence electrons. The number of rotatable bonds is 7. The number of thiophene rings is 1. The van der Waals surface area contributed by atoms with E-state index in [1.807, 2.05) is 72.8 Å². The Bertz CT molecular complexity index is 3920. The van der Waals surface area contributed by atoms with Gasteiger partial charge in [0.05, 0.1) is 28.7 Å². The highest BCUT2D eigenvalue weighted by Gasteiger charge is 2.46. The summed E-state index contributed by atoms with van der Waals surface area (Å²) < 4.78 is 161. The summed E-state index contributed by atoms with van der Waals surface area (Å²) in [6.45, 7) is 0. The van der Waals surface area contributed by atoms with Crippen molar-refractivity contribution in [1.82, 2.24) is 0 Å². The minimum Gasteiger partial charge on any atom is -0.310 e. The maximum absolute atomic E-state index is 10.6. The molecule has 0 atom stereocenters. The first kappa shape index (κ1) is 20.2. The average Bonchev–Trinajstić information content (AvgIpc) is 3.97. The second-order valence-corrected chi connectivity index (χ2v) is 14.7. The second-order valence-electron chi connectivity index (χ2n) is 13.6. The minimum absolute atomic E-state index is 0.327. The fourth-order valence-corrected chi connectivity index (χ4v) is 9.02. The van der Waals surface area contributed by atoms with E-state index in [-0.39, 0.29) is 5.69 Å². The van der Waals surface area contributed by atoms with Gasteiger partial charge in [-0.25, -0.2) is 0 Å². The molecule has 0 saturated heterocycles. The molecule has 0 amide bonds. The zero-order valence-electron chi connectivity index (χ0n) is 46.9. The van der Waals surface area contributed by atoms with Crippen LogP contribution in [0.5, 0.6) is 0 Å². The molecular weight excluding hydrogens is 707 g/mol. The summed E-state index contributed by atoms with van der Waals surface area (Å²) >= 11 is 1.69. The summed E-state index contributed by atoms with van der Waals surface area (Å²) in [4.78, 5) is 1.53. The third-order valence-corrected chi connectivity index (χ3v) is 11.7. The number of hydrogen-bond donors (Lipinski definition) is 0. The van der Waals surface area contributed by atoms with Crippen LogP contribution in [0.1, 0.15) is 45.6 Å². The van der Waals surface area contributed by atoms with E-state index < -0.39 is 142 Å². The highest BCUT2D eigenvalue weighted by Crippen LogP contribution is 2.57. The van der Waals surface area contributed by atoms with Gasteiger partial charge in [-0.2, -0.15) is 0 Å². The fourth-order valence-electron chi connectivity index (χ4n) is 7.93. The molecule has 9 aromatic carbocycles. The molecule has 1 aliphatic rings. The number of anilines is 3. The van der Waals surface area contributed by atoms with E-state index in [4.69, 9.17) is 11.0 Å². The number of benzene rings is 9. The maximum Gasteiger partial charge on any atom is 0.0714 e. The van der Waals surface area contributed by atoms with Crippen LogP contribution in [-0.4, -0.2) is 0 Å². The van der Waals surface area contributed by atoms with Crippen LogP contribution in [0.4, 0.5) is 17.1 Å². The molecule has 1 heterocycles. The molecule has 11 rings (SSSR count). The summed E-state index contributed by atoms with van der Waals surface area (Å²) in [6.07, 6.45) is 0.